The zero-order chi connectivity index (χ0) is 19.6. The van der Waals surface area contributed by atoms with Crippen LogP contribution in [0.15, 0.2) is 59.6 Å². The maximum absolute atomic E-state index is 13.5. The van der Waals surface area contributed by atoms with E-state index in [1.54, 1.807) is 18.3 Å². The number of anilines is 1. The number of rotatable bonds is 6. The molecular weight excluding hydrogens is 364 g/mol. The summed E-state index contributed by atoms with van der Waals surface area (Å²) in [6.45, 7) is 3.64. The highest BCUT2D eigenvalue weighted by Gasteiger charge is 2.31. The predicted molar refractivity (Wildman–Crippen MR) is 106 cm³/mol. The molecule has 2 aromatic carbocycles. The lowest BCUT2D eigenvalue weighted by molar-refractivity contribution is 0.392. The second-order valence-corrected chi connectivity index (χ2v) is 8.08. The summed E-state index contributed by atoms with van der Waals surface area (Å²) < 4.78 is 38.9. The molecule has 3 rings (SSSR count). The summed E-state index contributed by atoms with van der Waals surface area (Å²) in [6.07, 6.45) is 1.58. The Morgan fingerprint density at radius 1 is 1.00 bits per heavy atom. The van der Waals surface area contributed by atoms with Gasteiger partial charge in [0, 0.05) is 17.5 Å². The minimum Gasteiger partial charge on any atom is -0.497 e. The third-order valence-corrected chi connectivity index (χ3v) is 6.23. The molecule has 0 saturated carbocycles. The van der Waals surface area contributed by atoms with Crippen LogP contribution in [0, 0.1) is 0 Å². The van der Waals surface area contributed by atoms with Crippen molar-refractivity contribution in [1.29, 1.82) is 0 Å². The Hall–Kier alpha value is -2.80. The second kappa shape index (κ2) is 7.44. The zero-order valence-electron chi connectivity index (χ0n) is 15.7. The first-order chi connectivity index (χ1) is 12.9. The molecule has 0 radical (unpaired) electrons. The number of hydrogen-bond donors (Lipinski definition) is 0. The fourth-order valence-corrected chi connectivity index (χ4v) is 4.80. The number of ether oxygens (including phenoxy) is 2. The Balaban J connectivity index is 2.19. The Morgan fingerprint density at radius 3 is 2.41 bits per heavy atom. The van der Waals surface area contributed by atoms with Gasteiger partial charge in [0.2, 0.25) is 0 Å². The fraction of sp³-hybridized carbons (Fsp3) is 0.250. The van der Waals surface area contributed by atoms with Crippen molar-refractivity contribution >= 4 is 26.6 Å². The van der Waals surface area contributed by atoms with Crippen LogP contribution in [0.5, 0.6) is 11.5 Å². The van der Waals surface area contributed by atoms with Gasteiger partial charge in [0.1, 0.15) is 16.4 Å². The molecule has 0 aliphatic rings. The van der Waals surface area contributed by atoms with Crippen LogP contribution in [0.25, 0.3) is 10.9 Å². The minimum atomic E-state index is -3.91. The van der Waals surface area contributed by atoms with E-state index in [1.165, 1.54) is 24.6 Å². The molecule has 3 aromatic rings. The van der Waals surface area contributed by atoms with Crippen LogP contribution in [-0.4, -0.2) is 33.7 Å². The first kappa shape index (κ1) is 19.0. The van der Waals surface area contributed by atoms with E-state index in [-0.39, 0.29) is 16.7 Å². The summed E-state index contributed by atoms with van der Waals surface area (Å²) in [5.41, 5.74) is 1.30. The molecule has 7 heteroatoms. The van der Waals surface area contributed by atoms with Gasteiger partial charge in [-0.1, -0.05) is 18.2 Å². The Labute approximate surface area is 159 Å². The van der Waals surface area contributed by atoms with Crippen molar-refractivity contribution in [2.75, 3.05) is 18.5 Å². The van der Waals surface area contributed by atoms with E-state index in [0.29, 0.717) is 11.4 Å². The number of para-hydroxylation sites is 1. The standard InChI is InChI=1S/C20H22N2O4S/c1-14(2)22(16-11-15-7-5-6-8-18(15)21-13-16)27(23,24)20-12-17(25-3)9-10-19(20)26-4/h5-14H,1-4H3. The normalized spacial score (nSPS) is 11.6. The zero-order valence-corrected chi connectivity index (χ0v) is 16.5. The first-order valence-electron chi connectivity index (χ1n) is 8.49. The average Bonchev–Trinajstić information content (AvgIpc) is 2.67. The molecule has 1 heterocycles. The summed E-state index contributed by atoms with van der Waals surface area (Å²) in [6, 6.07) is 13.8. The lowest BCUT2D eigenvalue weighted by atomic mass is 10.2. The van der Waals surface area contributed by atoms with E-state index in [9.17, 15) is 8.42 Å². The Kier molecular flexibility index (Phi) is 5.23. The van der Waals surface area contributed by atoms with Crippen molar-refractivity contribution in [3.8, 4) is 11.5 Å². The Bertz CT molecular complexity index is 1060. The van der Waals surface area contributed by atoms with E-state index in [4.69, 9.17) is 9.47 Å². The predicted octanol–water partition coefficient (Wildman–Crippen LogP) is 3.86. The minimum absolute atomic E-state index is 0.0474. The summed E-state index contributed by atoms with van der Waals surface area (Å²) >= 11 is 0. The van der Waals surface area contributed by atoms with Gasteiger partial charge in [-0.25, -0.2) is 8.42 Å². The maximum atomic E-state index is 13.5. The SMILES string of the molecule is COc1ccc(OC)c(S(=O)(=O)N(c2cnc3ccccc3c2)C(C)C)c1. The lowest BCUT2D eigenvalue weighted by Crippen LogP contribution is -2.37. The number of sulfonamides is 1. The van der Waals surface area contributed by atoms with Crippen molar-refractivity contribution in [2.24, 2.45) is 0 Å². The monoisotopic (exact) mass is 386 g/mol. The molecule has 0 unspecified atom stereocenters. The first-order valence-corrected chi connectivity index (χ1v) is 9.93. The van der Waals surface area contributed by atoms with E-state index in [2.05, 4.69) is 4.98 Å². The molecule has 0 aliphatic heterocycles. The van der Waals surface area contributed by atoms with Gasteiger partial charge in [-0.05, 0) is 38.1 Å². The van der Waals surface area contributed by atoms with E-state index in [0.717, 1.165) is 10.9 Å². The topological polar surface area (TPSA) is 68.7 Å². The number of benzene rings is 2. The van der Waals surface area contributed by atoms with Gasteiger partial charge >= 0.3 is 0 Å². The quantitative estimate of drug-likeness (QED) is 0.643. The number of pyridine rings is 1. The maximum Gasteiger partial charge on any atom is 0.268 e. The second-order valence-electron chi connectivity index (χ2n) is 6.30. The molecule has 142 valence electrons. The lowest BCUT2D eigenvalue weighted by Gasteiger charge is -2.29. The fourth-order valence-electron chi connectivity index (χ4n) is 2.99. The highest BCUT2D eigenvalue weighted by molar-refractivity contribution is 7.93. The molecule has 27 heavy (non-hydrogen) atoms. The number of hydrogen-bond acceptors (Lipinski definition) is 5. The molecule has 0 spiro atoms. The van der Waals surface area contributed by atoms with Crippen LogP contribution in [-0.2, 0) is 10.0 Å². The molecule has 0 N–H and O–H groups in total. The van der Waals surface area contributed by atoms with Crippen LogP contribution in [0.4, 0.5) is 5.69 Å². The largest absolute Gasteiger partial charge is 0.497 e. The van der Waals surface area contributed by atoms with Gasteiger partial charge in [0.15, 0.2) is 0 Å². The highest BCUT2D eigenvalue weighted by atomic mass is 32.2. The van der Waals surface area contributed by atoms with Gasteiger partial charge in [0.25, 0.3) is 10.0 Å². The van der Waals surface area contributed by atoms with E-state index >= 15 is 0 Å². The number of fused-ring (bicyclic) bond motifs is 1. The van der Waals surface area contributed by atoms with Gasteiger partial charge in [-0.3, -0.25) is 9.29 Å². The van der Waals surface area contributed by atoms with Crippen LogP contribution in [0.2, 0.25) is 0 Å². The number of methoxy groups -OCH3 is 2. The van der Waals surface area contributed by atoms with Gasteiger partial charge in [-0.2, -0.15) is 0 Å². The molecule has 6 nitrogen and oxygen atoms in total. The van der Waals surface area contributed by atoms with Crippen molar-refractivity contribution in [2.45, 2.75) is 24.8 Å². The molecule has 0 fully saturated rings. The third-order valence-electron chi connectivity index (χ3n) is 4.21. The summed E-state index contributed by atoms with van der Waals surface area (Å²) in [7, 11) is -0.975. The number of nitrogens with zero attached hydrogens (tertiary/aromatic N) is 2. The van der Waals surface area contributed by atoms with Crippen LogP contribution < -0.4 is 13.8 Å². The summed E-state index contributed by atoms with van der Waals surface area (Å²) in [4.78, 5) is 4.45. The molecule has 0 aliphatic carbocycles. The third kappa shape index (κ3) is 3.55. The van der Waals surface area contributed by atoms with Gasteiger partial charge in [0.05, 0.1) is 31.6 Å². The van der Waals surface area contributed by atoms with E-state index < -0.39 is 10.0 Å². The van der Waals surface area contributed by atoms with Crippen LogP contribution in [0.1, 0.15) is 13.8 Å². The molecule has 0 atom stereocenters. The molecule has 1 aromatic heterocycles. The van der Waals surface area contributed by atoms with Crippen molar-refractivity contribution in [1.82, 2.24) is 4.98 Å². The molecular formula is C20H22N2O4S. The average molecular weight is 386 g/mol. The smallest absolute Gasteiger partial charge is 0.268 e. The van der Waals surface area contributed by atoms with Crippen LogP contribution in [0.3, 0.4) is 0 Å². The van der Waals surface area contributed by atoms with Gasteiger partial charge < -0.3 is 9.47 Å². The van der Waals surface area contributed by atoms with Crippen LogP contribution >= 0.6 is 0 Å². The van der Waals surface area contributed by atoms with Gasteiger partial charge in [-0.15, -0.1) is 0 Å². The number of aromatic nitrogens is 1. The van der Waals surface area contributed by atoms with E-state index in [1.807, 2.05) is 44.2 Å². The van der Waals surface area contributed by atoms with Crippen molar-refractivity contribution < 1.29 is 17.9 Å². The highest BCUT2D eigenvalue weighted by Crippen LogP contribution is 2.34. The summed E-state index contributed by atoms with van der Waals surface area (Å²) in [5.74, 6) is 0.699. The summed E-state index contributed by atoms with van der Waals surface area (Å²) in [5, 5.41) is 0.869. The molecule has 0 amide bonds. The van der Waals surface area contributed by atoms with Crippen molar-refractivity contribution in [3.63, 3.8) is 0 Å². The molecule has 0 saturated heterocycles. The van der Waals surface area contributed by atoms with Crippen molar-refractivity contribution in [3.05, 3.63) is 54.7 Å². The molecule has 0 bridgehead atoms. The Morgan fingerprint density at radius 2 is 1.74 bits per heavy atom.